The van der Waals surface area contributed by atoms with Gasteiger partial charge in [0.25, 0.3) is 0 Å². The molecule has 0 bridgehead atoms. The Morgan fingerprint density at radius 3 is 1.23 bits per heavy atom. The number of carboxylic acids is 1. The van der Waals surface area contributed by atoms with Gasteiger partial charge in [-0.25, -0.2) is 0 Å². The van der Waals surface area contributed by atoms with E-state index in [1.807, 2.05) is 13.8 Å². The topological polar surface area (TPSA) is 37.3 Å². The maximum Gasteiger partial charge on any atom is 0.303 e. The lowest BCUT2D eigenvalue weighted by Gasteiger charge is -2.05. The second-order valence-corrected chi connectivity index (χ2v) is 2.87. The van der Waals surface area contributed by atoms with Crippen LogP contribution < -0.4 is 0 Å². The molecule has 2 heteroatoms. The standard InChI is InChI=1S/C6H12.C3H6O2.C2H6/c1-2-4-6-5-3-1;1-2-3(4)5;1-2/h1-6H2;2H2,1H3,(H,4,5);1-2H3. The molecule has 0 saturated heterocycles. The van der Waals surface area contributed by atoms with Crippen LogP contribution in [0.5, 0.6) is 0 Å². The summed E-state index contributed by atoms with van der Waals surface area (Å²) in [6.45, 7) is 5.60. The molecule has 0 unspecified atom stereocenters. The highest BCUT2D eigenvalue weighted by Gasteiger charge is 1.95. The maximum absolute atomic E-state index is 9.37. The van der Waals surface area contributed by atoms with E-state index in [2.05, 4.69) is 0 Å². The Kier molecular flexibility index (Phi) is 16.1. The average Bonchev–Trinajstić information content (AvgIpc) is 2.24. The minimum Gasteiger partial charge on any atom is -0.481 e. The Bertz CT molecular complexity index is 84.8. The molecular weight excluding hydrogens is 164 g/mol. The Labute approximate surface area is 82.4 Å². The van der Waals surface area contributed by atoms with E-state index in [-0.39, 0.29) is 6.42 Å². The van der Waals surface area contributed by atoms with Crippen molar-refractivity contribution in [1.82, 2.24) is 0 Å². The number of aliphatic carboxylic acids is 1. The second kappa shape index (κ2) is 14.0. The third kappa shape index (κ3) is 18.4. The molecule has 1 N–H and O–H groups in total. The van der Waals surface area contributed by atoms with E-state index in [0.29, 0.717) is 0 Å². The quantitative estimate of drug-likeness (QED) is 0.678. The molecule has 2 nitrogen and oxygen atoms in total. The van der Waals surface area contributed by atoms with Gasteiger partial charge in [0.15, 0.2) is 0 Å². The van der Waals surface area contributed by atoms with E-state index < -0.39 is 5.97 Å². The fourth-order valence-electron chi connectivity index (χ4n) is 1.06. The van der Waals surface area contributed by atoms with E-state index in [1.165, 1.54) is 38.5 Å². The largest absolute Gasteiger partial charge is 0.481 e. The van der Waals surface area contributed by atoms with Crippen LogP contribution in [0, 0.1) is 0 Å². The zero-order chi connectivity index (χ0) is 10.5. The summed E-state index contributed by atoms with van der Waals surface area (Å²) in [6.07, 6.45) is 9.22. The van der Waals surface area contributed by atoms with Crippen LogP contribution in [0.25, 0.3) is 0 Å². The molecule has 1 fully saturated rings. The van der Waals surface area contributed by atoms with Gasteiger partial charge < -0.3 is 5.11 Å². The third-order valence-corrected chi connectivity index (χ3v) is 1.80. The summed E-state index contributed by atoms with van der Waals surface area (Å²) >= 11 is 0. The average molecular weight is 188 g/mol. The van der Waals surface area contributed by atoms with Gasteiger partial charge in [-0.3, -0.25) is 4.79 Å². The van der Waals surface area contributed by atoms with Gasteiger partial charge in [0.05, 0.1) is 0 Å². The summed E-state index contributed by atoms with van der Waals surface area (Å²) in [4.78, 5) is 9.37. The zero-order valence-electron chi connectivity index (χ0n) is 9.31. The Morgan fingerprint density at radius 2 is 1.15 bits per heavy atom. The first-order valence-corrected chi connectivity index (χ1v) is 5.49. The van der Waals surface area contributed by atoms with E-state index in [1.54, 1.807) is 6.92 Å². The van der Waals surface area contributed by atoms with Crippen molar-refractivity contribution in [3.8, 4) is 0 Å². The monoisotopic (exact) mass is 188 g/mol. The molecule has 0 aliphatic heterocycles. The zero-order valence-corrected chi connectivity index (χ0v) is 9.31. The normalized spacial score (nSPS) is 14.4. The molecule has 1 aliphatic carbocycles. The first-order valence-electron chi connectivity index (χ1n) is 5.49. The highest BCUT2D eigenvalue weighted by Crippen LogP contribution is 2.15. The van der Waals surface area contributed by atoms with Crippen molar-refractivity contribution in [2.24, 2.45) is 0 Å². The number of rotatable bonds is 1. The highest BCUT2D eigenvalue weighted by atomic mass is 16.4. The molecular formula is C11H24O2. The molecule has 0 spiro atoms. The second-order valence-electron chi connectivity index (χ2n) is 2.87. The molecule has 0 radical (unpaired) electrons. The lowest BCUT2D eigenvalue weighted by atomic mass is 10.0. The van der Waals surface area contributed by atoms with Crippen LogP contribution in [0.4, 0.5) is 0 Å². The van der Waals surface area contributed by atoms with Gasteiger partial charge in [-0.15, -0.1) is 0 Å². The van der Waals surface area contributed by atoms with Crippen LogP contribution in [-0.4, -0.2) is 11.1 Å². The summed E-state index contributed by atoms with van der Waals surface area (Å²) in [7, 11) is 0. The van der Waals surface area contributed by atoms with Gasteiger partial charge in [0.1, 0.15) is 0 Å². The minimum absolute atomic E-state index is 0.222. The van der Waals surface area contributed by atoms with E-state index >= 15 is 0 Å². The van der Waals surface area contributed by atoms with Crippen molar-refractivity contribution in [1.29, 1.82) is 0 Å². The van der Waals surface area contributed by atoms with E-state index in [0.717, 1.165) is 0 Å². The van der Waals surface area contributed by atoms with E-state index in [9.17, 15) is 4.79 Å². The molecule has 0 atom stereocenters. The summed E-state index contributed by atoms with van der Waals surface area (Å²) in [6, 6.07) is 0. The Balaban J connectivity index is 0. The van der Waals surface area contributed by atoms with Crippen molar-refractivity contribution >= 4 is 5.97 Å². The van der Waals surface area contributed by atoms with Crippen LogP contribution in [-0.2, 0) is 4.79 Å². The molecule has 0 aromatic carbocycles. The van der Waals surface area contributed by atoms with Gasteiger partial charge in [-0.1, -0.05) is 59.3 Å². The van der Waals surface area contributed by atoms with Crippen molar-refractivity contribution in [3.63, 3.8) is 0 Å². The molecule has 13 heavy (non-hydrogen) atoms. The van der Waals surface area contributed by atoms with Crippen LogP contribution in [0.1, 0.15) is 65.7 Å². The summed E-state index contributed by atoms with van der Waals surface area (Å²) < 4.78 is 0. The van der Waals surface area contributed by atoms with Crippen molar-refractivity contribution in [3.05, 3.63) is 0 Å². The highest BCUT2D eigenvalue weighted by molar-refractivity contribution is 5.66. The molecule has 0 aromatic heterocycles. The predicted molar refractivity (Wildman–Crippen MR) is 57.0 cm³/mol. The summed E-state index contributed by atoms with van der Waals surface area (Å²) in [5.41, 5.74) is 0. The van der Waals surface area contributed by atoms with Gasteiger partial charge in [-0.05, 0) is 0 Å². The Hall–Kier alpha value is -0.530. The van der Waals surface area contributed by atoms with Gasteiger partial charge >= 0.3 is 5.97 Å². The molecule has 1 aliphatic rings. The fourth-order valence-corrected chi connectivity index (χ4v) is 1.06. The number of carbonyl (C=O) groups is 1. The summed E-state index contributed by atoms with van der Waals surface area (Å²) in [5, 5.41) is 7.72. The predicted octanol–water partition coefficient (Wildman–Crippen LogP) is 3.85. The summed E-state index contributed by atoms with van der Waals surface area (Å²) in [5.74, 6) is -0.745. The SMILES string of the molecule is C1CCCCC1.CC.CCC(=O)O. The van der Waals surface area contributed by atoms with Crippen LogP contribution in [0.15, 0.2) is 0 Å². The first kappa shape index (κ1) is 15.0. The van der Waals surface area contributed by atoms with Gasteiger partial charge in [-0.2, -0.15) is 0 Å². The fraction of sp³-hybridized carbons (Fsp3) is 0.909. The molecule has 80 valence electrons. The molecule has 1 saturated carbocycles. The molecule has 0 amide bonds. The molecule has 0 heterocycles. The van der Waals surface area contributed by atoms with Crippen molar-refractivity contribution in [2.75, 3.05) is 0 Å². The number of carboxylic acid groups (broad SMARTS) is 1. The number of hydrogen-bond donors (Lipinski definition) is 1. The van der Waals surface area contributed by atoms with Gasteiger partial charge in [0, 0.05) is 6.42 Å². The first-order chi connectivity index (χ1) is 6.27. The smallest absolute Gasteiger partial charge is 0.303 e. The van der Waals surface area contributed by atoms with Crippen LogP contribution in [0.3, 0.4) is 0 Å². The van der Waals surface area contributed by atoms with Crippen molar-refractivity contribution < 1.29 is 9.90 Å². The number of hydrogen-bond acceptors (Lipinski definition) is 1. The minimum atomic E-state index is -0.745. The lowest BCUT2D eigenvalue weighted by Crippen LogP contribution is -1.86. The van der Waals surface area contributed by atoms with Crippen molar-refractivity contribution in [2.45, 2.75) is 65.7 Å². The Morgan fingerprint density at radius 1 is 1.00 bits per heavy atom. The third-order valence-electron chi connectivity index (χ3n) is 1.80. The van der Waals surface area contributed by atoms with Gasteiger partial charge in [0.2, 0.25) is 0 Å². The maximum atomic E-state index is 9.37. The molecule has 0 aromatic rings. The lowest BCUT2D eigenvalue weighted by molar-refractivity contribution is -0.136. The van der Waals surface area contributed by atoms with Crippen LogP contribution in [0.2, 0.25) is 0 Å². The molecule has 1 rings (SSSR count). The van der Waals surface area contributed by atoms with Crippen LogP contribution >= 0.6 is 0 Å². The van der Waals surface area contributed by atoms with E-state index in [4.69, 9.17) is 5.11 Å².